The highest BCUT2D eigenvalue weighted by molar-refractivity contribution is 5.93. The molecule has 1 N–H and O–H groups in total. The maximum Gasteiger partial charge on any atom is 0.416 e. The van der Waals surface area contributed by atoms with E-state index in [2.05, 4.69) is 15.6 Å². The average molecular weight is 433 g/mol. The standard InChI is InChI=1S/C24H18F3N5/c1-15-9-11-16(12-10-15)14-28-22-19-7-2-3-8-20(19)32-23(29-22)21(30-31-32)17-5-4-6-18(13-17)24(25,26)27/h2-13H,14H2,1H3,(H,28,29). The van der Waals surface area contributed by atoms with Gasteiger partial charge in [0.15, 0.2) is 5.65 Å². The number of hydrogen-bond acceptors (Lipinski definition) is 4. The number of aryl methyl sites for hydroxylation is 1. The molecule has 0 unspecified atom stereocenters. The van der Waals surface area contributed by atoms with Gasteiger partial charge in [0.05, 0.1) is 11.1 Å². The van der Waals surface area contributed by atoms with E-state index < -0.39 is 11.7 Å². The third-order valence-corrected chi connectivity index (χ3v) is 5.30. The minimum Gasteiger partial charge on any atom is -0.365 e. The van der Waals surface area contributed by atoms with Gasteiger partial charge in [-0.2, -0.15) is 17.7 Å². The number of para-hydroxylation sites is 1. The van der Waals surface area contributed by atoms with Gasteiger partial charge in [-0.1, -0.05) is 59.3 Å². The lowest BCUT2D eigenvalue weighted by molar-refractivity contribution is -0.137. The van der Waals surface area contributed by atoms with E-state index in [9.17, 15) is 13.2 Å². The van der Waals surface area contributed by atoms with Gasteiger partial charge in [-0.3, -0.25) is 0 Å². The number of benzene rings is 3. The Labute approximate surface area is 181 Å². The second kappa shape index (κ2) is 7.64. The quantitative estimate of drug-likeness (QED) is 0.384. The lowest BCUT2D eigenvalue weighted by atomic mass is 10.1. The molecule has 0 saturated heterocycles. The zero-order valence-electron chi connectivity index (χ0n) is 17.1. The molecule has 0 saturated carbocycles. The van der Waals surface area contributed by atoms with Crippen molar-refractivity contribution in [3.63, 3.8) is 0 Å². The van der Waals surface area contributed by atoms with Gasteiger partial charge in [0, 0.05) is 17.5 Å². The number of nitrogens with zero attached hydrogens (tertiary/aromatic N) is 4. The molecule has 5 nitrogen and oxygen atoms in total. The molecule has 3 aromatic carbocycles. The van der Waals surface area contributed by atoms with Gasteiger partial charge in [0.25, 0.3) is 0 Å². The predicted molar refractivity (Wildman–Crippen MR) is 117 cm³/mol. The van der Waals surface area contributed by atoms with Crippen molar-refractivity contribution in [1.82, 2.24) is 19.8 Å². The van der Waals surface area contributed by atoms with Crippen molar-refractivity contribution in [2.75, 3.05) is 5.32 Å². The van der Waals surface area contributed by atoms with Gasteiger partial charge in [-0.15, -0.1) is 5.10 Å². The Morgan fingerprint density at radius 2 is 1.72 bits per heavy atom. The average Bonchev–Trinajstić information content (AvgIpc) is 3.22. The second-order valence-corrected chi connectivity index (χ2v) is 7.57. The molecule has 0 bridgehead atoms. The first-order valence-corrected chi connectivity index (χ1v) is 10.0. The lowest BCUT2D eigenvalue weighted by Crippen LogP contribution is -2.05. The molecule has 2 aromatic heterocycles. The van der Waals surface area contributed by atoms with Crippen LogP contribution >= 0.6 is 0 Å². The molecule has 0 spiro atoms. The van der Waals surface area contributed by atoms with Crippen LogP contribution in [-0.2, 0) is 12.7 Å². The summed E-state index contributed by atoms with van der Waals surface area (Å²) in [6, 6.07) is 20.8. The summed E-state index contributed by atoms with van der Waals surface area (Å²) in [6.45, 7) is 2.58. The maximum absolute atomic E-state index is 13.2. The number of aromatic nitrogens is 4. The van der Waals surface area contributed by atoms with Crippen molar-refractivity contribution in [3.8, 4) is 11.3 Å². The zero-order chi connectivity index (χ0) is 22.3. The van der Waals surface area contributed by atoms with Gasteiger partial charge < -0.3 is 5.32 Å². The van der Waals surface area contributed by atoms with Crippen LogP contribution in [0.4, 0.5) is 19.0 Å². The van der Waals surface area contributed by atoms with E-state index >= 15 is 0 Å². The van der Waals surface area contributed by atoms with Gasteiger partial charge in [0.2, 0.25) is 0 Å². The first-order valence-electron chi connectivity index (χ1n) is 10.0. The van der Waals surface area contributed by atoms with Crippen molar-refractivity contribution in [2.24, 2.45) is 0 Å². The normalized spacial score (nSPS) is 11.9. The number of hydrogen-bond donors (Lipinski definition) is 1. The molecule has 0 aliphatic rings. The fourth-order valence-corrected chi connectivity index (χ4v) is 3.62. The molecule has 0 fully saturated rings. The van der Waals surface area contributed by atoms with Crippen molar-refractivity contribution in [3.05, 3.63) is 89.5 Å². The number of fused-ring (bicyclic) bond motifs is 3. The van der Waals surface area contributed by atoms with E-state index in [1.165, 1.54) is 11.6 Å². The van der Waals surface area contributed by atoms with Crippen LogP contribution in [0.15, 0.2) is 72.8 Å². The highest BCUT2D eigenvalue weighted by atomic mass is 19.4. The fraction of sp³-hybridized carbons (Fsp3) is 0.125. The van der Waals surface area contributed by atoms with Crippen molar-refractivity contribution >= 4 is 22.4 Å². The summed E-state index contributed by atoms with van der Waals surface area (Å²) in [6.07, 6.45) is -4.44. The molecule has 2 heterocycles. The smallest absolute Gasteiger partial charge is 0.365 e. The third-order valence-electron chi connectivity index (χ3n) is 5.30. The first-order chi connectivity index (χ1) is 15.4. The lowest BCUT2D eigenvalue weighted by Gasteiger charge is -2.11. The van der Waals surface area contributed by atoms with Crippen LogP contribution in [0.1, 0.15) is 16.7 Å². The highest BCUT2D eigenvalue weighted by Crippen LogP contribution is 2.33. The molecule has 8 heteroatoms. The topological polar surface area (TPSA) is 55.1 Å². The van der Waals surface area contributed by atoms with Crippen molar-refractivity contribution in [1.29, 1.82) is 0 Å². The summed E-state index contributed by atoms with van der Waals surface area (Å²) in [5, 5.41) is 12.5. The third kappa shape index (κ3) is 3.64. The Bertz CT molecular complexity index is 1420. The van der Waals surface area contributed by atoms with E-state index in [1.807, 2.05) is 55.5 Å². The van der Waals surface area contributed by atoms with Crippen LogP contribution in [0.5, 0.6) is 0 Å². The summed E-state index contributed by atoms with van der Waals surface area (Å²) in [4.78, 5) is 4.71. The molecule has 0 radical (unpaired) electrons. The predicted octanol–water partition coefficient (Wildman–Crippen LogP) is 5.88. The minimum atomic E-state index is -4.44. The fourth-order valence-electron chi connectivity index (χ4n) is 3.62. The van der Waals surface area contributed by atoms with Crippen LogP contribution in [0.3, 0.4) is 0 Å². The van der Waals surface area contributed by atoms with Gasteiger partial charge >= 0.3 is 6.18 Å². The summed E-state index contributed by atoms with van der Waals surface area (Å²) in [5.74, 6) is 0.615. The SMILES string of the molecule is Cc1ccc(CNc2nc3c(-c4cccc(C(F)(F)F)c4)nnn3c3ccccc23)cc1. The Hall–Kier alpha value is -3.94. The number of anilines is 1. The molecule has 0 aliphatic heterocycles. The van der Waals surface area contributed by atoms with E-state index in [0.717, 1.165) is 28.6 Å². The van der Waals surface area contributed by atoms with Crippen LogP contribution in [0.25, 0.3) is 27.8 Å². The molecule has 160 valence electrons. The van der Waals surface area contributed by atoms with E-state index in [4.69, 9.17) is 4.98 Å². The molecule has 0 aliphatic carbocycles. The van der Waals surface area contributed by atoms with Gasteiger partial charge in [-0.25, -0.2) is 4.98 Å². The second-order valence-electron chi connectivity index (χ2n) is 7.57. The summed E-state index contributed by atoms with van der Waals surface area (Å²) in [5.41, 5.74) is 3.27. The molecule has 0 atom stereocenters. The Morgan fingerprint density at radius 3 is 2.50 bits per heavy atom. The Kier molecular flexibility index (Phi) is 4.77. The van der Waals surface area contributed by atoms with E-state index in [0.29, 0.717) is 29.3 Å². The minimum absolute atomic E-state index is 0.292. The Balaban J connectivity index is 1.62. The van der Waals surface area contributed by atoms with Crippen LogP contribution in [0, 0.1) is 6.92 Å². The first kappa shape index (κ1) is 20.0. The molecular formula is C24H18F3N5. The van der Waals surface area contributed by atoms with Gasteiger partial charge in [0.1, 0.15) is 11.5 Å². The molecule has 32 heavy (non-hydrogen) atoms. The molecule has 0 amide bonds. The van der Waals surface area contributed by atoms with Gasteiger partial charge in [-0.05, 0) is 36.8 Å². The molecule has 5 aromatic rings. The van der Waals surface area contributed by atoms with Crippen LogP contribution in [-0.4, -0.2) is 19.8 Å². The number of alkyl halides is 3. The van der Waals surface area contributed by atoms with Crippen molar-refractivity contribution in [2.45, 2.75) is 19.6 Å². The summed E-state index contributed by atoms with van der Waals surface area (Å²) in [7, 11) is 0. The summed E-state index contributed by atoms with van der Waals surface area (Å²) < 4.78 is 41.2. The maximum atomic E-state index is 13.2. The largest absolute Gasteiger partial charge is 0.416 e. The number of halogens is 3. The monoisotopic (exact) mass is 433 g/mol. The van der Waals surface area contributed by atoms with E-state index in [-0.39, 0.29) is 0 Å². The van der Waals surface area contributed by atoms with Crippen LogP contribution < -0.4 is 5.32 Å². The zero-order valence-corrected chi connectivity index (χ0v) is 17.1. The molecular weight excluding hydrogens is 415 g/mol. The number of nitrogens with one attached hydrogen (secondary N) is 1. The van der Waals surface area contributed by atoms with E-state index in [1.54, 1.807) is 10.6 Å². The van der Waals surface area contributed by atoms with Crippen LogP contribution in [0.2, 0.25) is 0 Å². The van der Waals surface area contributed by atoms with Crippen molar-refractivity contribution < 1.29 is 13.2 Å². The summed E-state index contributed by atoms with van der Waals surface area (Å²) >= 11 is 0. The molecule has 5 rings (SSSR count). The highest BCUT2D eigenvalue weighted by Gasteiger charge is 2.31. The Morgan fingerprint density at radius 1 is 0.938 bits per heavy atom. The number of rotatable bonds is 4.